The van der Waals surface area contributed by atoms with Crippen molar-refractivity contribution in [3.05, 3.63) is 68.2 Å². The largest absolute Gasteiger partial charge is 0.489 e. The molecule has 26 nitrogen and oxygen atoms in total. The summed E-state index contributed by atoms with van der Waals surface area (Å²) < 4.78 is 100. The number of anilines is 1. The van der Waals surface area contributed by atoms with E-state index in [0.29, 0.717) is 0 Å². The fourth-order valence-electron chi connectivity index (χ4n) is 8.28. The first-order valence-electron chi connectivity index (χ1n) is 23.8. The molecule has 0 bridgehead atoms. The van der Waals surface area contributed by atoms with Gasteiger partial charge in [0, 0.05) is 64.8 Å². The van der Waals surface area contributed by atoms with Crippen molar-refractivity contribution in [3.8, 4) is 17.2 Å². The molecule has 0 amide bonds. The molecule has 2 heterocycles. The topological polar surface area (TPSA) is 314 Å². The van der Waals surface area contributed by atoms with Gasteiger partial charge in [0.2, 0.25) is 27.2 Å². The van der Waals surface area contributed by atoms with E-state index in [-0.39, 0.29) is 58.3 Å². The van der Waals surface area contributed by atoms with Gasteiger partial charge in [0.25, 0.3) is 0 Å². The lowest BCUT2D eigenvalue weighted by atomic mass is 9.78. The van der Waals surface area contributed by atoms with E-state index in [1.54, 1.807) is 13.1 Å². The molecule has 0 atom stereocenters. The van der Waals surface area contributed by atoms with Crippen molar-refractivity contribution in [3.63, 3.8) is 0 Å². The highest BCUT2D eigenvalue weighted by Crippen LogP contribution is 2.54. The van der Waals surface area contributed by atoms with Gasteiger partial charge < -0.3 is 66.5 Å². The Morgan fingerprint density at radius 2 is 0.951 bits per heavy atom. The smallest absolute Gasteiger partial charge is 0.340 e. The van der Waals surface area contributed by atoms with Crippen LogP contribution in [0.1, 0.15) is 68.6 Å². The summed E-state index contributed by atoms with van der Waals surface area (Å²) in [7, 11) is -3.65. The monoisotopic (exact) mass is 1200 g/mol. The normalized spacial score (nSPS) is 13.0. The maximum Gasteiger partial charge on any atom is 0.340 e. The lowest BCUT2D eigenvalue weighted by Crippen LogP contribution is -2.64. The summed E-state index contributed by atoms with van der Waals surface area (Å²) in [4.78, 5) is 139. The SMILES string of the molecule is CC(=O)OCOC(=O)CN(CCOCCOc1cc2c(cc1N(CC(=O)OCOC(C)=O)CC(=O)OCOC(C)=O)C(=O)OC21c2cc(F)c(OC(C)=O)c(Cl)c2[Si](C)(C)c2c1cc(F)c(OC(C)=O)c2Cl)CC(=O)OCOC(C)=O. The second-order valence-electron chi connectivity index (χ2n) is 17.7. The van der Waals surface area contributed by atoms with E-state index in [2.05, 4.69) is 9.47 Å². The van der Waals surface area contributed by atoms with Crippen LogP contribution in [0.3, 0.4) is 0 Å². The van der Waals surface area contributed by atoms with Gasteiger partial charge in [-0.2, -0.15) is 0 Å². The number of ether oxygens (including phenoxy) is 13. The highest BCUT2D eigenvalue weighted by Gasteiger charge is 2.59. The van der Waals surface area contributed by atoms with Gasteiger partial charge in [-0.3, -0.25) is 52.8 Å². The van der Waals surface area contributed by atoms with E-state index in [9.17, 15) is 52.7 Å². The Bertz CT molecular complexity index is 2880. The Hall–Kier alpha value is -7.99. The average molecular weight is 1200 g/mol. The van der Waals surface area contributed by atoms with Gasteiger partial charge in [-0.05, 0) is 34.6 Å². The lowest BCUT2D eigenvalue weighted by molar-refractivity contribution is -0.170. The van der Waals surface area contributed by atoms with Crippen LogP contribution in [-0.4, -0.2) is 158 Å². The first-order chi connectivity index (χ1) is 38.1. The minimum Gasteiger partial charge on any atom is -0.489 e. The van der Waals surface area contributed by atoms with E-state index >= 15 is 8.78 Å². The summed E-state index contributed by atoms with van der Waals surface area (Å²) in [6.45, 7) is 2.09. The van der Waals surface area contributed by atoms with E-state index in [1.807, 2.05) is 0 Å². The van der Waals surface area contributed by atoms with E-state index in [0.717, 1.165) is 64.6 Å². The van der Waals surface area contributed by atoms with Gasteiger partial charge >= 0.3 is 65.7 Å². The molecule has 2 aliphatic heterocycles. The molecular formula is C50H52Cl2F2N2O24Si. The molecule has 81 heavy (non-hydrogen) atoms. The minimum absolute atomic E-state index is 0.0502. The van der Waals surface area contributed by atoms with Crippen molar-refractivity contribution in [2.45, 2.75) is 60.2 Å². The van der Waals surface area contributed by atoms with Crippen LogP contribution in [0.2, 0.25) is 23.1 Å². The highest BCUT2D eigenvalue weighted by atomic mass is 35.5. The van der Waals surface area contributed by atoms with Crippen molar-refractivity contribution in [1.29, 1.82) is 0 Å². The molecule has 0 aromatic heterocycles. The van der Waals surface area contributed by atoms with Crippen LogP contribution < -0.4 is 29.5 Å². The van der Waals surface area contributed by atoms with Crippen LogP contribution in [-0.2, 0) is 101 Å². The molecule has 2 aliphatic rings. The number of halogens is 4. The number of carbonyl (C=O) groups excluding carboxylic acids is 11. The predicted octanol–water partition coefficient (Wildman–Crippen LogP) is 2.48. The quantitative estimate of drug-likeness (QED) is 0.0278. The zero-order valence-electron chi connectivity index (χ0n) is 44.5. The van der Waals surface area contributed by atoms with Crippen LogP contribution in [0.5, 0.6) is 17.2 Å². The maximum absolute atomic E-state index is 16.5. The summed E-state index contributed by atoms with van der Waals surface area (Å²) in [6.07, 6.45) is 0. The predicted molar refractivity (Wildman–Crippen MR) is 270 cm³/mol. The second kappa shape index (κ2) is 27.9. The van der Waals surface area contributed by atoms with Crippen molar-refractivity contribution in [2.75, 3.05) is 84.6 Å². The van der Waals surface area contributed by atoms with Crippen molar-refractivity contribution in [1.82, 2.24) is 4.90 Å². The fourth-order valence-corrected chi connectivity index (χ4v) is 13.6. The average Bonchev–Trinajstić information content (AvgIpc) is 2.46. The Morgan fingerprint density at radius 3 is 1.35 bits per heavy atom. The van der Waals surface area contributed by atoms with Crippen LogP contribution >= 0.6 is 23.2 Å². The number of benzene rings is 3. The molecule has 0 radical (unpaired) electrons. The molecule has 0 unspecified atom stereocenters. The standard InChI is InChI=1S/C50H52Cl2F2N2O24Si/c1-25(57)70-21-74-39(63)17-55(18-40(64)75-22-71-26(2)58)9-10-68-11-12-69-38-16-32-31(13-37(38)56(19-41(65)76-23-72-27(3)59)20-42(66)77-24-73-28(4)60)49(67)80-50(32)33-14-35(53)45(78-29(5)61)43(51)47(33)81(7,8)48-34(50)15-36(54)46(44(48)52)79-30(6)62/h13-16H,9-12,17-24H2,1-8H3. The van der Waals surface area contributed by atoms with Gasteiger partial charge in [0.1, 0.15) is 33.5 Å². The zero-order valence-corrected chi connectivity index (χ0v) is 47.0. The fraction of sp³-hybridized carbons (Fsp3) is 0.420. The first-order valence-corrected chi connectivity index (χ1v) is 27.5. The van der Waals surface area contributed by atoms with Crippen LogP contribution in [0.4, 0.5) is 14.5 Å². The molecule has 1 spiro atoms. The summed E-state index contributed by atoms with van der Waals surface area (Å²) in [5, 5.41) is -0.829. The van der Waals surface area contributed by atoms with Crippen molar-refractivity contribution < 1.29 is 123 Å². The van der Waals surface area contributed by atoms with Gasteiger partial charge in [-0.25, -0.2) is 13.6 Å². The lowest BCUT2D eigenvalue weighted by Gasteiger charge is -2.44. The third kappa shape index (κ3) is 16.1. The number of hydrogen-bond donors (Lipinski definition) is 0. The number of nitrogens with zero attached hydrogens (tertiary/aromatic N) is 2. The Balaban J connectivity index is 1.67. The highest BCUT2D eigenvalue weighted by molar-refractivity contribution is 7.03. The third-order valence-electron chi connectivity index (χ3n) is 11.4. The Kier molecular flexibility index (Phi) is 22.0. The zero-order chi connectivity index (χ0) is 60.1. The molecule has 0 saturated carbocycles. The third-order valence-corrected chi connectivity index (χ3v) is 16.0. The van der Waals surface area contributed by atoms with E-state index in [4.69, 9.17) is 75.3 Å². The van der Waals surface area contributed by atoms with E-state index < -0.39 is 178 Å². The number of rotatable bonds is 26. The first kappa shape index (κ1) is 63.8. The number of hydrogen-bond acceptors (Lipinski definition) is 26. The van der Waals surface area contributed by atoms with E-state index in [1.165, 1.54) is 11.0 Å². The molecule has 5 rings (SSSR count). The summed E-state index contributed by atoms with van der Waals surface area (Å²) >= 11 is 14.0. The van der Waals surface area contributed by atoms with Gasteiger partial charge in [-0.15, -0.1) is 0 Å². The molecule has 0 aliphatic carbocycles. The summed E-state index contributed by atoms with van der Waals surface area (Å²) in [5.41, 5.74) is -3.76. The maximum atomic E-state index is 16.5. The minimum atomic E-state index is -3.65. The Labute approximate surface area is 469 Å². The van der Waals surface area contributed by atoms with Crippen molar-refractivity contribution >= 4 is 113 Å². The van der Waals surface area contributed by atoms with Gasteiger partial charge in [0.05, 0.1) is 47.6 Å². The molecular weight excluding hydrogens is 1150 g/mol. The van der Waals surface area contributed by atoms with Gasteiger partial charge in [-0.1, -0.05) is 36.3 Å². The number of fused-ring (bicyclic) bond motifs is 6. The summed E-state index contributed by atoms with van der Waals surface area (Å²) in [5.74, 6) is -14.7. The Morgan fingerprint density at radius 1 is 0.543 bits per heavy atom. The van der Waals surface area contributed by atoms with Crippen LogP contribution in [0.15, 0.2) is 24.3 Å². The number of carbonyl (C=O) groups is 11. The summed E-state index contributed by atoms with van der Waals surface area (Å²) in [6, 6.07) is 4.01. The van der Waals surface area contributed by atoms with Gasteiger partial charge in [0.15, 0.2) is 28.7 Å². The molecule has 438 valence electrons. The molecule has 3 aromatic rings. The van der Waals surface area contributed by atoms with Crippen LogP contribution in [0.25, 0.3) is 0 Å². The second-order valence-corrected chi connectivity index (χ2v) is 22.7. The molecule has 0 saturated heterocycles. The molecule has 31 heteroatoms. The molecule has 3 aromatic carbocycles. The van der Waals surface area contributed by atoms with Crippen molar-refractivity contribution in [2.24, 2.45) is 0 Å². The number of esters is 11. The van der Waals surface area contributed by atoms with Crippen LogP contribution in [0, 0.1) is 11.6 Å². The molecule has 0 fully saturated rings. The molecule has 0 N–H and O–H groups in total.